The van der Waals surface area contributed by atoms with Crippen molar-refractivity contribution in [2.75, 3.05) is 6.54 Å². The largest absolute Gasteiger partial charge is 0.460 e. The maximum Gasteiger partial charge on any atom is 0.152 e. The van der Waals surface area contributed by atoms with Crippen LogP contribution >= 0.6 is 0 Å². The van der Waals surface area contributed by atoms with Crippen LogP contribution in [0.25, 0.3) is 11.5 Å². The Morgan fingerprint density at radius 2 is 2.06 bits per heavy atom. The third kappa shape index (κ3) is 2.96. The molecule has 18 heavy (non-hydrogen) atoms. The molecule has 2 aromatic heterocycles. The number of nitrogens with two attached hydrogens (primary N) is 1. The highest BCUT2D eigenvalue weighted by Gasteiger charge is 2.18. The second kappa shape index (κ2) is 4.90. The first-order valence-electron chi connectivity index (χ1n) is 6.09. The summed E-state index contributed by atoms with van der Waals surface area (Å²) in [5.74, 6) is 2.46. The minimum Gasteiger partial charge on any atom is -0.460 e. The molecule has 0 amide bonds. The summed E-state index contributed by atoms with van der Waals surface area (Å²) in [4.78, 5) is 8.83. The zero-order chi connectivity index (χ0) is 13.2. The van der Waals surface area contributed by atoms with Gasteiger partial charge in [-0.2, -0.15) is 0 Å². The molecule has 0 bridgehead atoms. The van der Waals surface area contributed by atoms with E-state index in [9.17, 15) is 0 Å². The summed E-state index contributed by atoms with van der Waals surface area (Å²) in [6.45, 7) is 6.75. The average Bonchev–Trinajstić information content (AvgIpc) is 2.76. The van der Waals surface area contributed by atoms with E-state index in [-0.39, 0.29) is 5.41 Å². The van der Waals surface area contributed by atoms with E-state index < -0.39 is 0 Å². The Labute approximate surface area is 107 Å². The van der Waals surface area contributed by atoms with E-state index in [2.05, 4.69) is 23.8 Å². The predicted octanol–water partition coefficient (Wildman–Crippen LogP) is 2.57. The lowest BCUT2D eigenvalue weighted by molar-refractivity contribution is 0.368. The van der Waals surface area contributed by atoms with Gasteiger partial charge in [0.2, 0.25) is 0 Å². The molecule has 2 aromatic rings. The summed E-state index contributed by atoms with van der Waals surface area (Å²) < 4.78 is 5.57. The summed E-state index contributed by atoms with van der Waals surface area (Å²) in [6, 6.07) is 5.72. The van der Waals surface area contributed by atoms with Crippen molar-refractivity contribution in [3.8, 4) is 11.5 Å². The Kier molecular flexibility index (Phi) is 3.48. The molecule has 0 aliphatic carbocycles. The van der Waals surface area contributed by atoms with Crippen molar-refractivity contribution in [3.63, 3.8) is 0 Å². The second-order valence-electron chi connectivity index (χ2n) is 5.31. The molecule has 2 rings (SSSR count). The van der Waals surface area contributed by atoms with E-state index >= 15 is 0 Å². The van der Waals surface area contributed by atoms with E-state index in [1.54, 1.807) is 6.20 Å². The number of aryl methyl sites for hydroxylation is 1. The molecule has 2 N–H and O–H groups in total. The molecule has 4 heteroatoms. The number of furan rings is 1. The van der Waals surface area contributed by atoms with Gasteiger partial charge in [-0.1, -0.05) is 13.8 Å². The van der Waals surface area contributed by atoms with Crippen LogP contribution in [0.1, 0.15) is 25.4 Å². The summed E-state index contributed by atoms with van der Waals surface area (Å²) >= 11 is 0. The molecule has 4 nitrogen and oxygen atoms in total. The molecular weight excluding hydrogens is 226 g/mol. The minimum absolute atomic E-state index is 0.0116. The first kappa shape index (κ1) is 12.8. The Bertz CT molecular complexity index is 531. The lowest BCUT2D eigenvalue weighted by Gasteiger charge is -2.20. The van der Waals surface area contributed by atoms with Gasteiger partial charge >= 0.3 is 0 Å². The fourth-order valence-electron chi connectivity index (χ4n) is 1.69. The van der Waals surface area contributed by atoms with Crippen LogP contribution in [0.15, 0.2) is 28.8 Å². The Balaban J connectivity index is 2.25. The molecule has 0 atom stereocenters. The van der Waals surface area contributed by atoms with Gasteiger partial charge in [-0.3, -0.25) is 0 Å². The van der Waals surface area contributed by atoms with Crippen LogP contribution in [-0.4, -0.2) is 16.5 Å². The molecule has 0 aliphatic rings. The molecule has 0 aromatic carbocycles. The molecule has 0 spiro atoms. The van der Waals surface area contributed by atoms with Gasteiger partial charge in [-0.15, -0.1) is 0 Å². The summed E-state index contributed by atoms with van der Waals surface area (Å²) in [7, 11) is 0. The van der Waals surface area contributed by atoms with Gasteiger partial charge in [0.05, 0.1) is 0 Å². The zero-order valence-electron chi connectivity index (χ0n) is 11.1. The van der Waals surface area contributed by atoms with Crippen LogP contribution in [0.2, 0.25) is 0 Å². The fraction of sp³-hybridized carbons (Fsp3) is 0.429. The van der Waals surface area contributed by atoms with Gasteiger partial charge in [-0.25, -0.2) is 9.97 Å². The highest BCUT2D eigenvalue weighted by atomic mass is 16.3. The van der Waals surface area contributed by atoms with Crippen molar-refractivity contribution in [1.29, 1.82) is 0 Å². The van der Waals surface area contributed by atoms with Crippen molar-refractivity contribution < 1.29 is 4.42 Å². The molecule has 96 valence electrons. The van der Waals surface area contributed by atoms with Gasteiger partial charge in [-0.05, 0) is 37.1 Å². The lowest BCUT2D eigenvalue weighted by Crippen LogP contribution is -2.26. The first-order chi connectivity index (χ1) is 8.50. The van der Waals surface area contributed by atoms with Crippen LogP contribution in [0.5, 0.6) is 0 Å². The SMILES string of the molecule is Cc1ccc(-c2ccnc(CC(C)(C)CN)n2)o1. The first-order valence-corrected chi connectivity index (χ1v) is 6.09. The van der Waals surface area contributed by atoms with Gasteiger partial charge in [0.25, 0.3) is 0 Å². The molecule has 0 aliphatic heterocycles. The van der Waals surface area contributed by atoms with Crippen molar-refractivity contribution in [2.24, 2.45) is 11.1 Å². The zero-order valence-corrected chi connectivity index (χ0v) is 11.1. The topological polar surface area (TPSA) is 64.9 Å². The van der Waals surface area contributed by atoms with Crippen molar-refractivity contribution in [3.05, 3.63) is 36.0 Å². The number of nitrogens with zero attached hydrogens (tertiary/aromatic N) is 2. The Hall–Kier alpha value is -1.68. The molecule has 0 saturated carbocycles. The van der Waals surface area contributed by atoms with Crippen molar-refractivity contribution >= 4 is 0 Å². The predicted molar refractivity (Wildman–Crippen MR) is 71.0 cm³/mol. The maximum absolute atomic E-state index is 5.73. The Morgan fingerprint density at radius 3 is 2.67 bits per heavy atom. The smallest absolute Gasteiger partial charge is 0.152 e. The van der Waals surface area contributed by atoms with E-state index in [0.717, 1.165) is 29.5 Å². The van der Waals surface area contributed by atoms with Crippen LogP contribution < -0.4 is 5.73 Å². The maximum atomic E-state index is 5.73. The van der Waals surface area contributed by atoms with Crippen molar-refractivity contribution in [1.82, 2.24) is 9.97 Å². The van der Waals surface area contributed by atoms with E-state index in [1.807, 2.05) is 25.1 Å². The molecule has 0 radical (unpaired) electrons. The lowest BCUT2D eigenvalue weighted by atomic mass is 9.89. The van der Waals surface area contributed by atoms with Gasteiger partial charge in [0.1, 0.15) is 17.3 Å². The fourth-order valence-corrected chi connectivity index (χ4v) is 1.69. The molecule has 2 heterocycles. The van der Waals surface area contributed by atoms with Crippen LogP contribution in [-0.2, 0) is 6.42 Å². The highest BCUT2D eigenvalue weighted by Crippen LogP contribution is 2.22. The average molecular weight is 245 g/mol. The third-order valence-electron chi connectivity index (χ3n) is 2.89. The summed E-state index contributed by atoms with van der Waals surface area (Å²) in [6.07, 6.45) is 2.53. The molecular formula is C14H19N3O. The Morgan fingerprint density at radius 1 is 1.28 bits per heavy atom. The standard InChI is InChI=1S/C14H19N3O/c1-10-4-5-12(18-10)11-6-7-16-13(17-11)8-14(2,3)9-15/h4-7H,8-9,15H2,1-3H3. The number of rotatable bonds is 4. The normalized spacial score (nSPS) is 11.8. The van der Waals surface area contributed by atoms with Crippen LogP contribution in [0.3, 0.4) is 0 Å². The number of aromatic nitrogens is 2. The molecule has 0 saturated heterocycles. The monoisotopic (exact) mass is 245 g/mol. The van der Waals surface area contributed by atoms with Crippen molar-refractivity contribution in [2.45, 2.75) is 27.2 Å². The third-order valence-corrected chi connectivity index (χ3v) is 2.89. The van der Waals surface area contributed by atoms with E-state index in [1.165, 1.54) is 0 Å². The minimum atomic E-state index is 0.0116. The number of hydrogen-bond acceptors (Lipinski definition) is 4. The highest BCUT2D eigenvalue weighted by molar-refractivity contribution is 5.51. The summed E-state index contributed by atoms with van der Waals surface area (Å²) in [5, 5.41) is 0. The quantitative estimate of drug-likeness (QED) is 0.899. The number of hydrogen-bond donors (Lipinski definition) is 1. The van der Waals surface area contributed by atoms with E-state index in [4.69, 9.17) is 10.2 Å². The van der Waals surface area contributed by atoms with Gasteiger partial charge in [0, 0.05) is 12.6 Å². The summed E-state index contributed by atoms with van der Waals surface area (Å²) in [5.41, 5.74) is 6.56. The van der Waals surface area contributed by atoms with Crippen LogP contribution in [0, 0.1) is 12.3 Å². The van der Waals surface area contributed by atoms with Gasteiger partial charge < -0.3 is 10.2 Å². The molecule has 0 fully saturated rings. The van der Waals surface area contributed by atoms with E-state index in [0.29, 0.717) is 6.54 Å². The van der Waals surface area contributed by atoms with Gasteiger partial charge in [0.15, 0.2) is 5.76 Å². The second-order valence-corrected chi connectivity index (χ2v) is 5.31. The van der Waals surface area contributed by atoms with Crippen LogP contribution in [0.4, 0.5) is 0 Å². The molecule has 0 unspecified atom stereocenters.